The van der Waals surface area contributed by atoms with E-state index in [2.05, 4.69) is 0 Å². The van der Waals surface area contributed by atoms with Crippen LogP contribution in [0.3, 0.4) is 0 Å². The van der Waals surface area contributed by atoms with Gasteiger partial charge in [-0.2, -0.15) is 0 Å². The van der Waals surface area contributed by atoms with Crippen LogP contribution in [0.15, 0.2) is 30.3 Å². The molecule has 6 nitrogen and oxygen atoms in total. The van der Waals surface area contributed by atoms with Gasteiger partial charge in [0.05, 0.1) is 42.2 Å². The van der Waals surface area contributed by atoms with E-state index in [4.69, 9.17) is 28.4 Å². The molecular weight excluding hydrogens is 348 g/mol. The van der Waals surface area contributed by atoms with Crippen LogP contribution in [-0.2, 0) is 11.2 Å². The summed E-state index contributed by atoms with van der Waals surface area (Å²) in [6.45, 7) is 0.536. The molecule has 27 heavy (non-hydrogen) atoms. The number of hydrogen-bond donors (Lipinski definition) is 0. The molecule has 6 heteroatoms. The Morgan fingerprint density at radius 2 is 1.26 bits per heavy atom. The van der Waals surface area contributed by atoms with Crippen LogP contribution in [0.5, 0.6) is 28.7 Å². The topological polar surface area (TPSA) is 55.4 Å². The van der Waals surface area contributed by atoms with Crippen LogP contribution in [-0.4, -0.2) is 49.3 Å². The van der Waals surface area contributed by atoms with E-state index in [1.54, 1.807) is 42.7 Å². The fourth-order valence-electron chi connectivity index (χ4n) is 3.11. The molecule has 0 aliphatic carbocycles. The smallest absolute Gasteiger partial charge is 0.160 e. The highest BCUT2D eigenvalue weighted by atomic mass is 16.5. The number of methoxy groups -OCH3 is 6. The van der Waals surface area contributed by atoms with Gasteiger partial charge in [0.2, 0.25) is 0 Å². The zero-order valence-corrected chi connectivity index (χ0v) is 16.8. The lowest BCUT2D eigenvalue weighted by atomic mass is 9.91. The summed E-state index contributed by atoms with van der Waals surface area (Å²) in [6, 6.07) is 9.62. The van der Waals surface area contributed by atoms with Gasteiger partial charge in [-0.1, -0.05) is 6.07 Å². The normalized spacial score (nSPS) is 11.6. The molecule has 0 unspecified atom stereocenters. The van der Waals surface area contributed by atoms with Crippen molar-refractivity contribution in [2.24, 2.45) is 0 Å². The molecular formula is C21H28O6. The van der Waals surface area contributed by atoms with E-state index in [1.807, 2.05) is 30.3 Å². The molecule has 0 aliphatic rings. The Bertz CT molecular complexity index is 718. The molecule has 1 atom stereocenters. The van der Waals surface area contributed by atoms with Gasteiger partial charge in [0.25, 0.3) is 0 Å². The summed E-state index contributed by atoms with van der Waals surface area (Å²) in [5.74, 6) is 3.57. The molecule has 0 fully saturated rings. The number of rotatable bonds is 10. The average Bonchev–Trinajstić information content (AvgIpc) is 2.72. The first-order valence-corrected chi connectivity index (χ1v) is 8.61. The molecule has 0 amide bonds. The lowest BCUT2D eigenvalue weighted by molar-refractivity contribution is 0.178. The molecule has 2 aromatic carbocycles. The minimum absolute atomic E-state index is 0.0750. The van der Waals surface area contributed by atoms with Gasteiger partial charge in [-0.05, 0) is 24.1 Å². The summed E-state index contributed by atoms with van der Waals surface area (Å²) >= 11 is 0. The van der Waals surface area contributed by atoms with Crippen LogP contribution in [0.2, 0.25) is 0 Å². The third kappa shape index (κ3) is 4.77. The predicted molar refractivity (Wildman–Crippen MR) is 104 cm³/mol. The van der Waals surface area contributed by atoms with Gasteiger partial charge in [-0.3, -0.25) is 0 Å². The van der Waals surface area contributed by atoms with Crippen LogP contribution in [0, 0.1) is 0 Å². The number of ether oxygens (including phenoxy) is 6. The molecule has 0 aliphatic heterocycles. The van der Waals surface area contributed by atoms with E-state index in [0.29, 0.717) is 41.8 Å². The van der Waals surface area contributed by atoms with Gasteiger partial charge in [-0.15, -0.1) is 0 Å². The maximum atomic E-state index is 5.58. The molecule has 2 rings (SSSR count). The Labute approximate surface area is 160 Å². The molecule has 0 aromatic heterocycles. The van der Waals surface area contributed by atoms with Crippen molar-refractivity contribution in [3.63, 3.8) is 0 Å². The lowest BCUT2D eigenvalue weighted by Crippen LogP contribution is -2.12. The summed E-state index contributed by atoms with van der Waals surface area (Å²) in [6.07, 6.45) is 0.666. The van der Waals surface area contributed by atoms with E-state index in [0.717, 1.165) is 11.1 Å². The van der Waals surface area contributed by atoms with Crippen LogP contribution in [0.4, 0.5) is 0 Å². The highest BCUT2D eigenvalue weighted by Gasteiger charge is 2.21. The van der Waals surface area contributed by atoms with E-state index in [9.17, 15) is 0 Å². The minimum atomic E-state index is 0.0750. The Balaban J connectivity index is 2.44. The zero-order valence-electron chi connectivity index (χ0n) is 16.8. The van der Waals surface area contributed by atoms with Crippen molar-refractivity contribution in [2.45, 2.75) is 12.3 Å². The van der Waals surface area contributed by atoms with Gasteiger partial charge in [0, 0.05) is 30.7 Å². The summed E-state index contributed by atoms with van der Waals surface area (Å²) in [5.41, 5.74) is 2.03. The Hall–Kier alpha value is -2.60. The molecule has 0 radical (unpaired) electrons. The largest absolute Gasteiger partial charge is 0.496 e. The summed E-state index contributed by atoms with van der Waals surface area (Å²) < 4.78 is 32.7. The first-order chi connectivity index (χ1) is 13.1. The van der Waals surface area contributed by atoms with Crippen molar-refractivity contribution in [2.75, 3.05) is 49.3 Å². The van der Waals surface area contributed by atoms with Crippen LogP contribution >= 0.6 is 0 Å². The molecule has 0 saturated heterocycles. The fraction of sp³-hybridized carbons (Fsp3) is 0.429. The van der Waals surface area contributed by atoms with Gasteiger partial charge >= 0.3 is 0 Å². The second kappa shape index (κ2) is 9.92. The van der Waals surface area contributed by atoms with Crippen LogP contribution in [0.1, 0.15) is 17.0 Å². The van der Waals surface area contributed by atoms with Crippen molar-refractivity contribution in [1.82, 2.24) is 0 Å². The first kappa shape index (κ1) is 20.7. The van der Waals surface area contributed by atoms with Crippen molar-refractivity contribution in [1.29, 1.82) is 0 Å². The zero-order chi connectivity index (χ0) is 19.8. The van der Waals surface area contributed by atoms with E-state index in [-0.39, 0.29) is 5.92 Å². The highest BCUT2D eigenvalue weighted by molar-refractivity contribution is 5.52. The number of hydrogen-bond acceptors (Lipinski definition) is 6. The van der Waals surface area contributed by atoms with Crippen molar-refractivity contribution >= 4 is 0 Å². The second-order valence-electron chi connectivity index (χ2n) is 5.98. The maximum absolute atomic E-state index is 5.58. The number of benzene rings is 2. The summed E-state index contributed by atoms with van der Waals surface area (Å²) in [4.78, 5) is 0. The van der Waals surface area contributed by atoms with Gasteiger partial charge in [-0.25, -0.2) is 0 Å². The molecule has 0 spiro atoms. The SMILES string of the molecule is COC[C@H](Cc1c(OC)cc(OC)cc1OC)c1ccc(OC)c(OC)c1. The molecule has 0 N–H and O–H groups in total. The summed E-state index contributed by atoms with van der Waals surface area (Å²) in [7, 11) is 9.83. The second-order valence-corrected chi connectivity index (χ2v) is 5.98. The highest BCUT2D eigenvalue weighted by Crippen LogP contribution is 2.39. The van der Waals surface area contributed by atoms with Crippen LogP contribution < -0.4 is 23.7 Å². The lowest BCUT2D eigenvalue weighted by Gasteiger charge is -2.21. The Kier molecular flexibility index (Phi) is 7.61. The average molecular weight is 376 g/mol. The minimum Gasteiger partial charge on any atom is -0.496 e. The van der Waals surface area contributed by atoms with Gasteiger partial charge < -0.3 is 28.4 Å². The van der Waals surface area contributed by atoms with Crippen molar-refractivity contribution in [3.8, 4) is 28.7 Å². The van der Waals surface area contributed by atoms with Crippen molar-refractivity contribution in [3.05, 3.63) is 41.5 Å². The molecule has 0 bridgehead atoms. The predicted octanol–water partition coefficient (Wildman–Crippen LogP) is 3.70. The maximum Gasteiger partial charge on any atom is 0.160 e. The third-order valence-corrected chi connectivity index (χ3v) is 4.51. The van der Waals surface area contributed by atoms with Crippen LogP contribution in [0.25, 0.3) is 0 Å². The molecule has 0 saturated carbocycles. The standard InChI is InChI=1S/C21H28O6/c1-22-13-15(14-7-8-18(24-3)21(10-14)27-6)9-17-19(25-4)11-16(23-2)12-20(17)26-5/h7-8,10-12,15H,9,13H2,1-6H3/t15-/m0/s1. The molecule has 2 aromatic rings. The fourth-order valence-corrected chi connectivity index (χ4v) is 3.11. The Morgan fingerprint density at radius 1 is 0.667 bits per heavy atom. The van der Waals surface area contributed by atoms with Gasteiger partial charge in [0.15, 0.2) is 11.5 Å². The quantitative estimate of drug-likeness (QED) is 0.630. The van der Waals surface area contributed by atoms with Crippen molar-refractivity contribution < 1.29 is 28.4 Å². The summed E-state index contributed by atoms with van der Waals surface area (Å²) in [5, 5.41) is 0. The molecule has 148 valence electrons. The third-order valence-electron chi connectivity index (χ3n) is 4.51. The molecule has 0 heterocycles. The van der Waals surface area contributed by atoms with E-state index >= 15 is 0 Å². The Morgan fingerprint density at radius 3 is 1.74 bits per heavy atom. The van der Waals surface area contributed by atoms with Gasteiger partial charge in [0.1, 0.15) is 17.2 Å². The first-order valence-electron chi connectivity index (χ1n) is 8.61. The van der Waals surface area contributed by atoms with E-state index < -0.39 is 0 Å². The monoisotopic (exact) mass is 376 g/mol. The van der Waals surface area contributed by atoms with E-state index in [1.165, 1.54) is 0 Å².